The zero-order valence-corrected chi connectivity index (χ0v) is 12.3. The van der Waals surface area contributed by atoms with Crippen LogP contribution in [0.1, 0.15) is 30.6 Å². The molecule has 0 heterocycles. The van der Waals surface area contributed by atoms with Crippen LogP contribution in [0.25, 0.3) is 0 Å². The van der Waals surface area contributed by atoms with E-state index in [1.54, 1.807) is 19.1 Å². The van der Waals surface area contributed by atoms with Gasteiger partial charge in [0.15, 0.2) is 12.4 Å². The maximum atomic E-state index is 11.9. The van der Waals surface area contributed by atoms with Crippen LogP contribution in [0.15, 0.2) is 30.4 Å². The van der Waals surface area contributed by atoms with Gasteiger partial charge in [0.25, 0.3) is 0 Å². The van der Waals surface area contributed by atoms with E-state index in [0.29, 0.717) is 29.9 Å². The number of rotatable bonds is 7. The Morgan fingerprint density at radius 3 is 2.55 bits per heavy atom. The molecular formula is C15H17ClO4. The van der Waals surface area contributed by atoms with Crippen molar-refractivity contribution in [1.82, 2.24) is 0 Å². The lowest BCUT2D eigenvalue weighted by Gasteiger charge is -2.09. The lowest BCUT2D eigenvalue weighted by molar-refractivity contribution is -0.145. The highest BCUT2D eigenvalue weighted by atomic mass is 35.5. The molecule has 0 aliphatic carbocycles. The second-order valence-corrected chi connectivity index (χ2v) is 4.43. The van der Waals surface area contributed by atoms with Crippen LogP contribution in [0.4, 0.5) is 0 Å². The SMILES string of the molecule is C=C(CC)C(=O)c1ccc(OCC(=O)OCC)c(Cl)c1. The summed E-state index contributed by atoms with van der Waals surface area (Å²) in [7, 11) is 0. The number of carbonyl (C=O) groups excluding carboxylic acids is 2. The molecule has 1 aromatic rings. The van der Waals surface area contributed by atoms with Crippen LogP contribution in [0.3, 0.4) is 0 Å². The van der Waals surface area contributed by atoms with E-state index in [2.05, 4.69) is 6.58 Å². The van der Waals surface area contributed by atoms with E-state index >= 15 is 0 Å². The van der Waals surface area contributed by atoms with Gasteiger partial charge in [-0.25, -0.2) is 4.79 Å². The van der Waals surface area contributed by atoms with E-state index in [-0.39, 0.29) is 17.4 Å². The number of carbonyl (C=O) groups is 2. The van der Waals surface area contributed by atoms with Crippen LogP contribution in [-0.4, -0.2) is 25.0 Å². The molecule has 0 aliphatic rings. The molecule has 0 bridgehead atoms. The minimum absolute atomic E-state index is 0.147. The Kier molecular flexibility index (Phi) is 6.25. The molecule has 20 heavy (non-hydrogen) atoms. The number of allylic oxidation sites excluding steroid dienone is 1. The number of ketones is 1. The Morgan fingerprint density at radius 1 is 1.30 bits per heavy atom. The molecule has 0 N–H and O–H groups in total. The monoisotopic (exact) mass is 296 g/mol. The van der Waals surface area contributed by atoms with Gasteiger partial charge in [0, 0.05) is 5.56 Å². The normalized spacial score (nSPS) is 9.95. The van der Waals surface area contributed by atoms with E-state index in [0.717, 1.165) is 0 Å². The van der Waals surface area contributed by atoms with Crippen molar-refractivity contribution in [3.8, 4) is 5.75 Å². The van der Waals surface area contributed by atoms with Gasteiger partial charge in [-0.15, -0.1) is 0 Å². The molecule has 0 spiro atoms. The van der Waals surface area contributed by atoms with Gasteiger partial charge in [0.05, 0.1) is 11.6 Å². The van der Waals surface area contributed by atoms with Crippen molar-refractivity contribution in [2.24, 2.45) is 0 Å². The van der Waals surface area contributed by atoms with Crippen molar-refractivity contribution < 1.29 is 19.1 Å². The third-order valence-electron chi connectivity index (χ3n) is 2.59. The van der Waals surface area contributed by atoms with Crippen LogP contribution in [-0.2, 0) is 9.53 Å². The Hall–Kier alpha value is -1.81. The fourth-order valence-corrected chi connectivity index (χ4v) is 1.70. The Balaban J connectivity index is 2.76. The number of hydrogen-bond acceptors (Lipinski definition) is 4. The second-order valence-electron chi connectivity index (χ2n) is 4.03. The molecule has 108 valence electrons. The second kappa shape index (κ2) is 7.70. The van der Waals surface area contributed by atoms with Crippen LogP contribution in [0.2, 0.25) is 5.02 Å². The minimum atomic E-state index is -0.469. The summed E-state index contributed by atoms with van der Waals surface area (Å²) in [6.45, 7) is 7.34. The van der Waals surface area contributed by atoms with Gasteiger partial charge in [-0.2, -0.15) is 0 Å². The largest absolute Gasteiger partial charge is 0.480 e. The van der Waals surface area contributed by atoms with Crippen LogP contribution >= 0.6 is 11.6 Å². The summed E-state index contributed by atoms with van der Waals surface area (Å²) in [4.78, 5) is 23.1. The highest BCUT2D eigenvalue weighted by molar-refractivity contribution is 6.32. The molecule has 0 unspecified atom stereocenters. The number of Topliss-reactive ketones (excluding diaryl/α,β-unsaturated/α-hetero) is 1. The van der Waals surface area contributed by atoms with E-state index in [9.17, 15) is 9.59 Å². The van der Waals surface area contributed by atoms with Crippen molar-refractivity contribution in [1.29, 1.82) is 0 Å². The van der Waals surface area contributed by atoms with Gasteiger partial charge < -0.3 is 9.47 Å². The quantitative estimate of drug-likeness (QED) is 0.439. The molecule has 1 aromatic carbocycles. The molecule has 1 rings (SSSR count). The van der Waals surface area contributed by atoms with Gasteiger partial charge in [-0.1, -0.05) is 25.1 Å². The fraction of sp³-hybridized carbons (Fsp3) is 0.333. The smallest absolute Gasteiger partial charge is 0.344 e. The summed E-state index contributed by atoms with van der Waals surface area (Å²) >= 11 is 6.02. The average molecular weight is 297 g/mol. The Labute approximate surface area is 123 Å². The first-order chi connectivity index (χ1) is 9.49. The van der Waals surface area contributed by atoms with Gasteiger partial charge in [-0.3, -0.25) is 4.79 Å². The highest BCUT2D eigenvalue weighted by Crippen LogP contribution is 2.26. The third kappa shape index (κ3) is 4.38. The maximum Gasteiger partial charge on any atom is 0.344 e. The lowest BCUT2D eigenvalue weighted by Crippen LogP contribution is -2.14. The molecule has 0 aliphatic heterocycles. The highest BCUT2D eigenvalue weighted by Gasteiger charge is 2.12. The van der Waals surface area contributed by atoms with E-state index in [1.165, 1.54) is 6.07 Å². The van der Waals surface area contributed by atoms with Crippen molar-refractivity contribution in [2.45, 2.75) is 20.3 Å². The summed E-state index contributed by atoms with van der Waals surface area (Å²) in [5.41, 5.74) is 0.964. The molecule has 5 heteroatoms. The first kappa shape index (κ1) is 16.2. The third-order valence-corrected chi connectivity index (χ3v) is 2.89. The topological polar surface area (TPSA) is 52.6 Å². The Morgan fingerprint density at radius 2 is 2.00 bits per heavy atom. The van der Waals surface area contributed by atoms with E-state index in [4.69, 9.17) is 21.1 Å². The van der Waals surface area contributed by atoms with Crippen molar-refractivity contribution in [2.75, 3.05) is 13.2 Å². The number of halogens is 1. The summed E-state index contributed by atoms with van der Waals surface area (Å²) in [5.74, 6) is -0.284. The van der Waals surface area contributed by atoms with Crippen molar-refractivity contribution in [3.05, 3.63) is 40.9 Å². The van der Waals surface area contributed by atoms with Crippen LogP contribution in [0, 0.1) is 0 Å². The zero-order chi connectivity index (χ0) is 15.1. The molecule has 0 amide bonds. The number of esters is 1. The predicted octanol–water partition coefficient (Wildman–Crippen LogP) is 3.43. The lowest BCUT2D eigenvalue weighted by atomic mass is 10.0. The standard InChI is InChI=1S/C15H17ClO4/c1-4-10(3)15(18)11-6-7-13(12(16)8-11)20-9-14(17)19-5-2/h6-8H,3-5,9H2,1-2H3. The first-order valence-corrected chi connectivity index (χ1v) is 6.67. The molecule has 0 radical (unpaired) electrons. The van der Waals surface area contributed by atoms with Gasteiger partial charge in [0.2, 0.25) is 0 Å². The summed E-state index contributed by atoms with van der Waals surface area (Å²) in [5, 5.41) is 0.268. The summed E-state index contributed by atoms with van der Waals surface area (Å²) in [6.07, 6.45) is 0.581. The first-order valence-electron chi connectivity index (χ1n) is 6.30. The number of benzene rings is 1. The average Bonchev–Trinajstić information content (AvgIpc) is 2.44. The molecule has 0 saturated carbocycles. The molecular weight excluding hydrogens is 280 g/mol. The van der Waals surface area contributed by atoms with Gasteiger partial charge in [0.1, 0.15) is 5.75 Å². The Bertz CT molecular complexity index is 523. The number of hydrogen-bond donors (Lipinski definition) is 0. The molecule has 0 saturated heterocycles. The summed E-state index contributed by atoms with van der Waals surface area (Å²) in [6, 6.07) is 4.65. The van der Waals surface area contributed by atoms with Crippen molar-refractivity contribution >= 4 is 23.4 Å². The van der Waals surface area contributed by atoms with Crippen molar-refractivity contribution in [3.63, 3.8) is 0 Å². The van der Waals surface area contributed by atoms with Gasteiger partial charge >= 0.3 is 5.97 Å². The van der Waals surface area contributed by atoms with E-state index in [1.807, 2.05) is 6.92 Å². The zero-order valence-electron chi connectivity index (χ0n) is 11.6. The van der Waals surface area contributed by atoms with Crippen LogP contribution in [0.5, 0.6) is 5.75 Å². The molecule has 0 fully saturated rings. The molecule has 0 atom stereocenters. The predicted molar refractivity (Wildman–Crippen MR) is 77.3 cm³/mol. The number of ether oxygens (including phenoxy) is 2. The molecule has 4 nitrogen and oxygen atoms in total. The van der Waals surface area contributed by atoms with E-state index < -0.39 is 5.97 Å². The van der Waals surface area contributed by atoms with Crippen LogP contribution < -0.4 is 4.74 Å². The fourth-order valence-electron chi connectivity index (χ4n) is 1.46. The van der Waals surface area contributed by atoms with Gasteiger partial charge in [-0.05, 0) is 37.1 Å². The molecule has 0 aromatic heterocycles. The summed E-state index contributed by atoms with van der Waals surface area (Å²) < 4.78 is 9.97. The maximum absolute atomic E-state index is 11.9. The minimum Gasteiger partial charge on any atom is -0.480 e.